The molecule has 4 rings (SSSR count). The summed E-state index contributed by atoms with van der Waals surface area (Å²) >= 11 is 7.63. The van der Waals surface area contributed by atoms with Gasteiger partial charge in [0.05, 0.1) is 0 Å². The number of nitrogens with one attached hydrogen (secondary N) is 2. The van der Waals surface area contributed by atoms with E-state index in [0.29, 0.717) is 22.9 Å². The van der Waals surface area contributed by atoms with Gasteiger partial charge in [-0.25, -0.2) is 0 Å². The normalized spacial score (nSPS) is 13.0. The van der Waals surface area contributed by atoms with Gasteiger partial charge in [0.15, 0.2) is 0 Å². The van der Waals surface area contributed by atoms with Gasteiger partial charge in [0.2, 0.25) is 0 Å². The molecule has 2 amide bonds. The van der Waals surface area contributed by atoms with Gasteiger partial charge in [-0.1, -0.05) is 29.8 Å². The predicted molar refractivity (Wildman–Crippen MR) is 122 cm³/mol. The van der Waals surface area contributed by atoms with Crippen LogP contribution in [0, 0.1) is 0 Å². The molecule has 0 unspecified atom stereocenters. The minimum atomic E-state index is -0.202. The average Bonchev–Trinajstić information content (AvgIpc) is 3.58. The molecule has 0 radical (unpaired) electrons. The number of rotatable bonds is 7. The van der Waals surface area contributed by atoms with Gasteiger partial charge in [0.1, 0.15) is 0 Å². The lowest BCUT2D eigenvalue weighted by molar-refractivity contribution is 0.0949. The number of anilines is 1. The summed E-state index contributed by atoms with van der Waals surface area (Å²) < 4.78 is 0. The fourth-order valence-corrected chi connectivity index (χ4v) is 3.87. The van der Waals surface area contributed by atoms with Crippen LogP contribution in [-0.2, 0) is 5.75 Å². The van der Waals surface area contributed by atoms with Crippen molar-refractivity contribution in [3.8, 4) is 0 Å². The van der Waals surface area contributed by atoms with Gasteiger partial charge in [0, 0.05) is 38.5 Å². The topological polar surface area (TPSA) is 58.2 Å². The van der Waals surface area contributed by atoms with Crippen molar-refractivity contribution in [2.45, 2.75) is 29.5 Å². The molecular weight excluding hydrogens is 416 g/mol. The molecule has 1 aliphatic carbocycles. The first-order valence-electron chi connectivity index (χ1n) is 9.76. The van der Waals surface area contributed by atoms with Gasteiger partial charge in [-0.15, -0.1) is 11.8 Å². The Bertz CT molecular complexity index is 1050. The third kappa shape index (κ3) is 5.65. The molecule has 152 valence electrons. The third-order valence-electron chi connectivity index (χ3n) is 4.73. The number of hydrogen-bond donors (Lipinski definition) is 2. The minimum Gasteiger partial charge on any atom is -0.349 e. The SMILES string of the molecule is O=C(Nc1cccc(C(=O)NC2CC2)c1)c1ccc(CSc2ccc(Cl)cc2)cc1. The Morgan fingerprint density at radius 1 is 0.900 bits per heavy atom. The van der Waals surface area contributed by atoms with Crippen molar-refractivity contribution in [2.75, 3.05) is 5.32 Å². The van der Waals surface area contributed by atoms with E-state index in [1.54, 1.807) is 36.0 Å². The Labute approximate surface area is 185 Å². The van der Waals surface area contributed by atoms with E-state index in [1.807, 2.05) is 48.5 Å². The highest BCUT2D eigenvalue weighted by Crippen LogP contribution is 2.24. The van der Waals surface area contributed by atoms with Gasteiger partial charge in [0.25, 0.3) is 11.8 Å². The molecule has 3 aromatic rings. The number of carbonyl (C=O) groups excluding carboxylic acids is 2. The highest BCUT2D eigenvalue weighted by atomic mass is 35.5. The highest BCUT2D eigenvalue weighted by Gasteiger charge is 2.23. The first kappa shape index (κ1) is 20.5. The summed E-state index contributed by atoms with van der Waals surface area (Å²) in [5.41, 5.74) is 2.86. The average molecular weight is 437 g/mol. The van der Waals surface area contributed by atoms with Crippen LogP contribution in [0.15, 0.2) is 77.7 Å². The van der Waals surface area contributed by atoms with Crippen molar-refractivity contribution in [2.24, 2.45) is 0 Å². The second-order valence-corrected chi connectivity index (χ2v) is 8.71. The van der Waals surface area contributed by atoms with Crippen molar-refractivity contribution in [3.05, 3.63) is 94.5 Å². The van der Waals surface area contributed by atoms with Crippen molar-refractivity contribution in [1.29, 1.82) is 0 Å². The predicted octanol–water partition coefficient (Wildman–Crippen LogP) is 5.78. The molecule has 0 aliphatic heterocycles. The number of halogens is 1. The van der Waals surface area contributed by atoms with E-state index in [0.717, 1.165) is 34.1 Å². The molecule has 0 saturated heterocycles. The lowest BCUT2D eigenvalue weighted by Crippen LogP contribution is -2.25. The molecule has 4 nitrogen and oxygen atoms in total. The van der Waals surface area contributed by atoms with Crippen LogP contribution in [0.5, 0.6) is 0 Å². The fraction of sp³-hybridized carbons (Fsp3) is 0.167. The molecule has 0 spiro atoms. The van der Waals surface area contributed by atoms with Crippen LogP contribution in [0.25, 0.3) is 0 Å². The van der Waals surface area contributed by atoms with Gasteiger partial charge in [-0.3, -0.25) is 9.59 Å². The monoisotopic (exact) mass is 436 g/mol. The van der Waals surface area contributed by atoms with E-state index < -0.39 is 0 Å². The molecular formula is C24H21ClN2O2S. The first-order chi connectivity index (χ1) is 14.6. The summed E-state index contributed by atoms with van der Waals surface area (Å²) in [6.07, 6.45) is 2.08. The van der Waals surface area contributed by atoms with Gasteiger partial charge in [-0.05, 0) is 73.0 Å². The zero-order chi connectivity index (χ0) is 20.9. The smallest absolute Gasteiger partial charge is 0.255 e. The van der Waals surface area contributed by atoms with Gasteiger partial charge >= 0.3 is 0 Å². The van der Waals surface area contributed by atoms with E-state index in [2.05, 4.69) is 10.6 Å². The number of benzene rings is 3. The van der Waals surface area contributed by atoms with Gasteiger partial charge in [-0.2, -0.15) is 0 Å². The number of thioether (sulfide) groups is 1. The van der Waals surface area contributed by atoms with Crippen LogP contribution < -0.4 is 10.6 Å². The Hall–Kier alpha value is -2.76. The Balaban J connectivity index is 1.34. The van der Waals surface area contributed by atoms with Gasteiger partial charge < -0.3 is 10.6 Å². The van der Waals surface area contributed by atoms with E-state index in [-0.39, 0.29) is 11.8 Å². The summed E-state index contributed by atoms with van der Waals surface area (Å²) in [7, 11) is 0. The molecule has 0 aromatic heterocycles. The molecule has 0 heterocycles. The number of amides is 2. The Kier molecular flexibility index (Phi) is 6.41. The summed E-state index contributed by atoms with van der Waals surface area (Å²) in [4.78, 5) is 25.9. The van der Waals surface area contributed by atoms with Crippen LogP contribution in [0.4, 0.5) is 5.69 Å². The minimum absolute atomic E-state index is 0.101. The highest BCUT2D eigenvalue weighted by molar-refractivity contribution is 7.98. The zero-order valence-corrected chi connectivity index (χ0v) is 17.8. The summed E-state index contributed by atoms with van der Waals surface area (Å²) in [5.74, 6) is 0.504. The summed E-state index contributed by atoms with van der Waals surface area (Å²) in [6.45, 7) is 0. The molecule has 1 fully saturated rings. The first-order valence-corrected chi connectivity index (χ1v) is 11.1. The maximum absolute atomic E-state index is 12.6. The van der Waals surface area contributed by atoms with E-state index >= 15 is 0 Å². The second kappa shape index (κ2) is 9.37. The lowest BCUT2D eigenvalue weighted by Gasteiger charge is -2.09. The van der Waals surface area contributed by atoms with E-state index in [9.17, 15) is 9.59 Å². The zero-order valence-electron chi connectivity index (χ0n) is 16.2. The standard InChI is InChI=1S/C24H21ClN2O2S/c25-19-8-12-22(13-9-19)30-15-16-4-6-17(7-5-16)23(28)27-21-3-1-2-18(14-21)24(29)26-20-10-11-20/h1-9,12-14,20H,10-11,15H2,(H,26,29)(H,27,28). The molecule has 1 saturated carbocycles. The molecule has 0 atom stereocenters. The quantitative estimate of drug-likeness (QED) is 0.462. The van der Waals surface area contributed by atoms with Crippen LogP contribution >= 0.6 is 23.4 Å². The number of carbonyl (C=O) groups is 2. The van der Waals surface area contributed by atoms with Crippen LogP contribution in [0.3, 0.4) is 0 Å². The van der Waals surface area contributed by atoms with E-state index in [4.69, 9.17) is 11.6 Å². The molecule has 1 aliphatic rings. The fourth-order valence-electron chi connectivity index (χ4n) is 2.89. The maximum atomic E-state index is 12.6. The Morgan fingerprint density at radius 2 is 1.63 bits per heavy atom. The van der Waals surface area contributed by atoms with Crippen LogP contribution in [-0.4, -0.2) is 17.9 Å². The molecule has 30 heavy (non-hydrogen) atoms. The van der Waals surface area contributed by atoms with Crippen LogP contribution in [0.1, 0.15) is 39.1 Å². The number of hydrogen-bond acceptors (Lipinski definition) is 3. The second-order valence-electron chi connectivity index (χ2n) is 7.22. The van der Waals surface area contributed by atoms with Crippen molar-refractivity contribution in [1.82, 2.24) is 5.32 Å². The summed E-state index contributed by atoms with van der Waals surface area (Å²) in [6, 6.07) is 22.6. The van der Waals surface area contributed by atoms with E-state index in [1.165, 1.54) is 0 Å². The van der Waals surface area contributed by atoms with Crippen molar-refractivity contribution >= 4 is 40.9 Å². The third-order valence-corrected chi connectivity index (χ3v) is 6.07. The summed E-state index contributed by atoms with van der Waals surface area (Å²) in [5, 5.41) is 6.55. The van der Waals surface area contributed by atoms with Crippen LogP contribution in [0.2, 0.25) is 5.02 Å². The largest absolute Gasteiger partial charge is 0.349 e. The Morgan fingerprint density at radius 3 is 2.33 bits per heavy atom. The van der Waals surface area contributed by atoms with Crippen molar-refractivity contribution < 1.29 is 9.59 Å². The molecule has 2 N–H and O–H groups in total. The molecule has 6 heteroatoms. The lowest BCUT2D eigenvalue weighted by atomic mass is 10.1. The molecule has 3 aromatic carbocycles. The van der Waals surface area contributed by atoms with Crippen molar-refractivity contribution in [3.63, 3.8) is 0 Å². The molecule has 0 bridgehead atoms. The maximum Gasteiger partial charge on any atom is 0.255 e.